The number of nitrogens with one attached hydrogen (secondary N) is 1. The molecule has 0 aromatic rings. The van der Waals surface area contributed by atoms with E-state index < -0.39 is 0 Å². The zero-order valence-corrected chi connectivity index (χ0v) is 11.3. The summed E-state index contributed by atoms with van der Waals surface area (Å²) in [4.78, 5) is 2.57. The zero-order chi connectivity index (χ0) is 12.0. The first-order valence-electron chi connectivity index (χ1n) is 6.67. The maximum atomic E-state index is 5.43. The molecule has 1 aliphatic heterocycles. The number of nitrogens with zero attached hydrogens (tertiary/aromatic N) is 1. The van der Waals surface area contributed by atoms with Gasteiger partial charge in [0.2, 0.25) is 0 Å². The number of ether oxygens (including phenoxy) is 1. The second-order valence-electron chi connectivity index (χ2n) is 5.13. The van der Waals surface area contributed by atoms with Crippen LogP contribution in [0.1, 0.15) is 33.6 Å². The summed E-state index contributed by atoms with van der Waals surface area (Å²) in [7, 11) is 2.28. The molecule has 0 aliphatic carbocycles. The lowest BCUT2D eigenvalue weighted by Crippen LogP contribution is -2.49. The van der Waals surface area contributed by atoms with Gasteiger partial charge in [-0.25, -0.2) is 0 Å². The molecule has 1 atom stereocenters. The molecule has 0 spiro atoms. The molecular formula is C13H28N2O. The van der Waals surface area contributed by atoms with Crippen molar-refractivity contribution in [2.24, 2.45) is 5.92 Å². The minimum atomic E-state index is 0.642. The normalized spacial score (nSPS) is 20.6. The van der Waals surface area contributed by atoms with Crippen molar-refractivity contribution in [3.63, 3.8) is 0 Å². The first-order valence-corrected chi connectivity index (χ1v) is 6.67. The highest BCUT2D eigenvalue weighted by molar-refractivity contribution is 4.81. The van der Waals surface area contributed by atoms with Crippen LogP contribution in [0.15, 0.2) is 0 Å². The van der Waals surface area contributed by atoms with Crippen molar-refractivity contribution < 1.29 is 4.74 Å². The number of hydrogen-bond acceptors (Lipinski definition) is 3. The molecule has 1 saturated heterocycles. The van der Waals surface area contributed by atoms with Crippen molar-refractivity contribution in [1.82, 2.24) is 10.2 Å². The lowest BCUT2D eigenvalue weighted by molar-refractivity contribution is 0.0205. The average molecular weight is 228 g/mol. The lowest BCUT2D eigenvalue weighted by atomic mass is 9.98. The molecule has 0 radical (unpaired) electrons. The molecule has 16 heavy (non-hydrogen) atoms. The van der Waals surface area contributed by atoms with Gasteiger partial charge in [-0.1, -0.05) is 20.8 Å². The minimum Gasteiger partial charge on any atom is -0.381 e. The van der Waals surface area contributed by atoms with Gasteiger partial charge < -0.3 is 10.1 Å². The number of hydrogen-bond donors (Lipinski definition) is 1. The van der Waals surface area contributed by atoms with E-state index >= 15 is 0 Å². The fraction of sp³-hybridized carbons (Fsp3) is 1.00. The number of rotatable bonds is 6. The highest BCUT2D eigenvalue weighted by Gasteiger charge is 2.26. The van der Waals surface area contributed by atoms with Crippen LogP contribution < -0.4 is 5.32 Å². The van der Waals surface area contributed by atoms with Crippen molar-refractivity contribution in [2.45, 2.75) is 45.7 Å². The Labute approximate surface area is 101 Å². The van der Waals surface area contributed by atoms with Crippen LogP contribution in [0.3, 0.4) is 0 Å². The van der Waals surface area contributed by atoms with Gasteiger partial charge in [-0.15, -0.1) is 0 Å². The van der Waals surface area contributed by atoms with Crippen LogP contribution >= 0.6 is 0 Å². The highest BCUT2D eigenvalue weighted by Crippen LogP contribution is 2.18. The summed E-state index contributed by atoms with van der Waals surface area (Å²) < 4.78 is 5.43. The second-order valence-corrected chi connectivity index (χ2v) is 5.13. The van der Waals surface area contributed by atoms with Crippen LogP contribution in [0.2, 0.25) is 0 Å². The van der Waals surface area contributed by atoms with Gasteiger partial charge in [-0.2, -0.15) is 0 Å². The first-order chi connectivity index (χ1) is 7.66. The summed E-state index contributed by atoms with van der Waals surface area (Å²) in [6.45, 7) is 10.8. The third kappa shape index (κ3) is 4.04. The van der Waals surface area contributed by atoms with Gasteiger partial charge in [0.25, 0.3) is 0 Å². The van der Waals surface area contributed by atoms with E-state index in [1.54, 1.807) is 0 Å². The Morgan fingerprint density at radius 3 is 2.44 bits per heavy atom. The Balaban J connectivity index is 2.47. The predicted octanol–water partition coefficient (Wildman–Crippen LogP) is 1.73. The fourth-order valence-electron chi connectivity index (χ4n) is 2.51. The molecular weight excluding hydrogens is 200 g/mol. The van der Waals surface area contributed by atoms with E-state index in [2.05, 4.69) is 38.0 Å². The van der Waals surface area contributed by atoms with E-state index in [0.29, 0.717) is 18.0 Å². The van der Waals surface area contributed by atoms with Crippen molar-refractivity contribution in [2.75, 3.05) is 33.4 Å². The predicted molar refractivity (Wildman–Crippen MR) is 68.8 cm³/mol. The van der Waals surface area contributed by atoms with Crippen LogP contribution in [-0.2, 0) is 4.74 Å². The second kappa shape index (κ2) is 7.25. The van der Waals surface area contributed by atoms with Crippen molar-refractivity contribution >= 4 is 0 Å². The molecule has 1 heterocycles. The van der Waals surface area contributed by atoms with E-state index in [4.69, 9.17) is 4.74 Å². The van der Waals surface area contributed by atoms with E-state index in [-0.39, 0.29) is 0 Å². The smallest absolute Gasteiger partial charge is 0.0480 e. The van der Waals surface area contributed by atoms with Gasteiger partial charge in [0.15, 0.2) is 0 Å². The molecule has 1 rings (SSSR count). The van der Waals surface area contributed by atoms with E-state index in [0.717, 1.165) is 26.3 Å². The molecule has 0 saturated carbocycles. The third-order valence-corrected chi connectivity index (χ3v) is 3.66. The Bertz CT molecular complexity index is 179. The third-order valence-electron chi connectivity index (χ3n) is 3.66. The van der Waals surface area contributed by atoms with Crippen molar-refractivity contribution in [1.29, 1.82) is 0 Å². The Kier molecular flexibility index (Phi) is 6.32. The molecule has 96 valence electrons. The molecule has 1 aliphatic rings. The van der Waals surface area contributed by atoms with Gasteiger partial charge in [-0.3, -0.25) is 4.90 Å². The Morgan fingerprint density at radius 1 is 1.31 bits per heavy atom. The highest BCUT2D eigenvalue weighted by atomic mass is 16.5. The average Bonchev–Trinajstić information content (AvgIpc) is 2.30. The molecule has 3 nitrogen and oxygen atoms in total. The Morgan fingerprint density at radius 2 is 1.94 bits per heavy atom. The van der Waals surface area contributed by atoms with Crippen LogP contribution in [0.4, 0.5) is 0 Å². The maximum absolute atomic E-state index is 5.43. The maximum Gasteiger partial charge on any atom is 0.0480 e. The lowest BCUT2D eigenvalue weighted by Gasteiger charge is -2.39. The van der Waals surface area contributed by atoms with Crippen LogP contribution in [0.25, 0.3) is 0 Å². The van der Waals surface area contributed by atoms with Gasteiger partial charge >= 0.3 is 0 Å². The largest absolute Gasteiger partial charge is 0.381 e. The topological polar surface area (TPSA) is 24.5 Å². The zero-order valence-electron chi connectivity index (χ0n) is 11.3. The van der Waals surface area contributed by atoms with Crippen LogP contribution in [0, 0.1) is 5.92 Å². The van der Waals surface area contributed by atoms with Gasteiger partial charge in [0.1, 0.15) is 0 Å². The summed E-state index contributed by atoms with van der Waals surface area (Å²) in [6, 6.07) is 1.35. The summed E-state index contributed by atoms with van der Waals surface area (Å²) in [6.07, 6.45) is 2.37. The van der Waals surface area contributed by atoms with Crippen molar-refractivity contribution in [3.8, 4) is 0 Å². The fourth-order valence-corrected chi connectivity index (χ4v) is 2.51. The number of likely N-dealkylation sites (N-methyl/N-ethyl adjacent to an activating group) is 2. The molecule has 0 bridgehead atoms. The molecule has 0 amide bonds. The van der Waals surface area contributed by atoms with Crippen LogP contribution in [-0.4, -0.2) is 50.3 Å². The summed E-state index contributed by atoms with van der Waals surface area (Å²) in [5.74, 6) is 0.701. The van der Waals surface area contributed by atoms with Gasteiger partial charge in [-0.05, 0) is 32.4 Å². The van der Waals surface area contributed by atoms with Crippen LogP contribution in [0.5, 0.6) is 0 Å². The standard InChI is InChI=1S/C13H28N2O/c1-5-14-10-13(11(2)3)15(4)12-6-8-16-9-7-12/h11-14H,5-10H2,1-4H3. The van der Waals surface area contributed by atoms with Gasteiger partial charge in [0.05, 0.1) is 0 Å². The van der Waals surface area contributed by atoms with E-state index in [1.807, 2.05) is 0 Å². The molecule has 1 N–H and O–H groups in total. The van der Waals surface area contributed by atoms with Gasteiger partial charge in [0, 0.05) is 31.8 Å². The Hall–Kier alpha value is -0.120. The minimum absolute atomic E-state index is 0.642. The summed E-state index contributed by atoms with van der Waals surface area (Å²) >= 11 is 0. The van der Waals surface area contributed by atoms with E-state index in [9.17, 15) is 0 Å². The summed E-state index contributed by atoms with van der Waals surface area (Å²) in [5, 5.41) is 3.48. The van der Waals surface area contributed by atoms with Crippen molar-refractivity contribution in [3.05, 3.63) is 0 Å². The quantitative estimate of drug-likeness (QED) is 0.749. The molecule has 3 heteroatoms. The summed E-state index contributed by atoms with van der Waals surface area (Å²) in [5.41, 5.74) is 0. The van der Waals surface area contributed by atoms with E-state index in [1.165, 1.54) is 12.8 Å². The molecule has 0 aromatic carbocycles. The molecule has 1 unspecified atom stereocenters. The monoisotopic (exact) mass is 228 g/mol. The molecule has 0 aromatic heterocycles. The first kappa shape index (κ1) is 13.9. The molecule has 1 fully saturated rings. The SMILES string of the molecule is CCNCC(C(C)C)N(C)C1CCOCC1.